The van der Waals surface area contributed by atoms with Crippen molar-refractivity contribution in [1.29, 1.82) is 0 Å². The molecule has 1 N–H and O–H groups in total. The Morgan fingerprint density at radius 2 is 1.88 bits per heavy atom. The summed E-state index contributed by atoms with van der Waals surface area (Å²) in [5.41, 5.74) is 1.74. The lowest BCUT2D eigenvalue weighted by Gasteiger charge is -2.26. The number of carbonyl (C=O) groups is 1. The lowest BCUT2D eigenvalue weighted by molar-refractivity contribution is -0.117. The fourth-order valence-electron chi connectivity index (χ4n) is 3.58. The van der Waals surface area contributed by atoms with Gasteiger partial charge in [0, 0.05) is 11.7 Å². The largest absolute Gasteiger partial charge is 0.486 e. The Labute approximate surface area is 151 Å². The summed E-state index contributed by atoms with van der Waals surface area (Å²) in [7, 11) is 0. The quantitative estimate of drug-likeness (QED) is 0.913. The number of nitrogens with zero attached hydrogens (tertiary/aromatic N) is 1. The van der Waals surface area contributed by atoms with Crippen molar-refractivity contribution in [3.63, 3.8) is 0 Å². The number of hydrogen-bond acceptors (Lipinski definition) is 4. The molecule has 26 heavy (non-hydrogen) atoms. The zero-order chi connectivity index (χ0) is 17.9. The minimum Gasteiger partial charge on any atom is -0.486 e. The molecule has 1 saturated heterocycles. The first kappa shape index (κ1) is 16.8. The molecule has 0 bridgehead atoms. The molecule has 5 nitrogen and oxygen atoms in total. The third-order valence-corrected chi connectivity index (χ3v) is 4.79. The Bertz CT molecular complexity index is 794. The minimum atomic E-state index is -0.318. The number of carbonyl (C=O) groups excluding carboxylic acids is 1. The summed E-state index contributed by atoms with van der Waals surface area (Å²) in [5, 5.41) is 2.83. The molecule has 2 aliphatic rings. The maximum atomic E-state index is 13.0. The number of benzene rings is 2. The number of likely N-dealkylation sites (tertiary alicyclic amines) is 1. The molecule has 136 valence electrons. The van der Waals surface area contributed by atoms with E-state index in [1.807, 2.05) is 18.2 Å². The zero-order valence-electron chi connectivity index (χ0n) is 14.4. The smallest absolute Gasteiger partial charge is 0.238 e. The van der Waals surface area contributed by atoms with Gasteiger partial charge in [-0.05, 0) is 61.3 Å². The van der Waals surface area contributed by atoms with Gasteiger partial charge in [0.05, 0.1) is 6.54 Å². The van der Waals surface area contributed by atoms with Crippen molar-refractivity contribution in [1.82, 2.24) is 4.90 Å². The van der Waals surface area contributed by atoms with Gasteiger partial charge in [-0.25, -0.2) is 4.39 Å². The van der Waals surface area contributed by atoms with Gasteiger partial charge in [-0.2, -0.15) is 0 Å². The summed E-state index contributed by atoms with van der Waals surface area (Å²) in [6.45, 7) is 2.31. The molecule has 0 radical (unpaired) electrons. The third kappa shape index (κ3) is 3.65. The molecule has 1 unspecified atom stereocenters. The Hall–Kier alpha value is -2.60. The predicted octanol–water partition coefficient (Wildman–Crippen LogP) is 3.37. The van der Waals surface area contributed by atoms with Gasteiger partial charge in [0.25, 0.3) is 0 Å². The fraction of sp³-hybridized carbons (Fsp3) is 0.350. The second-order valence-electron chi connectivity index (χ2n) is 6.59. The van der Waals surface area contributed by atoms with E-state index in [1.54, 1.807) is 12.1 Å². The molecule has 2 aromatic rings. The fourth-order valence-corrected chi connectivity index (χ4v) is 3.58. The summed E-state index contributed by atoms with van der Waals surface area (Å²) in [5.74, 6) is 1.14. The van der Waals surface area contributed by atoms with Crippen LogP contribution in [0.1, 0.15) is 24.4 Å². The van der Waals surface area contributed by atoms with Crippen LogP contribution in [0.4, 0.5) is 10.1 Å². The van der Waals surface area contributed by atoms with Crippen LogP contribution in [0, 0.1) is 5.82 Å². The Morgan fingerprint density at radius 1 is 1.12 bits per heavy atom. The highest BCUT2D eigenvalue weighted by Crippen LogP contribution is 2.37. The van der Waals surface area contributed by atoms with Gasteiger partial charge in [0.2, 0.25) is 5.91 Å². The van der Waals surface area contributed by atoms with Gasteiger partial charge in [-0.15, -0.1) is 0 Å². The summed E-state index contributed by atoms with van der Waals surface area (Å²) >= 11 is 0. The van der Waals surface area contributed by atoms with E-state index in [0.717, 1.165) is 36.4 Å². The van der Waals surface area contributed by atoms with Crippen LogP contribution in [0.15, 0.2) is 42.5 Å². The molecule has 6 heteroatoms. The first-order valence-corrected chi connectivity index (χ1v) is 8.88. The molecule has 4 rings (SSSR count). The van der Waals surface area contributed by atoms with Gasteiger partial charge in [0.15, 0.2) is 11.5 Å². The minimum absolute atomic E-state index is 0.0962. The van der Waals surface area contributed by atoms with Gasteiger partial charge in [-0.3, -0.25) is 9.69 Å². The van der Waals surface area contributed by atoms with Crippen LogP contribution in [-0.2, 0) is 4.79 Å². The van der Waals surface area contributed by atoms with Crippen LogP contribution in [0.3, 0.4) is 0 Å². The first-order valence-electron chi connectivity index (χ1n) is 8.88. The average molecular weight is 356 g/mol. The van der Waals surface area contributed by atoms with Crippen LogP contribution in [0.25, 0.3) is 0 Å². The number of rotatable bonds is 4. The number of fused-ring (bicyclic) bond motifs is 1. The van der Waals surface area contributed by atoms with E-state index in [4.69, 9.17) is 9.47 Å². The van der Waals surface area contributed by atoms with Crippen molar-refractivity contribution in [2.75, 3.05) is 31.6 Å². The number of hydrogen-bond donors (Lipinski definition) is 1. The molecule has 2 aliphatic heterocycles. The van der Waals surface area contributed by atoms with Gasteiger partial charge in [0.1, 0.15) is 19.0 Å². The van der Waals surface area contributed by atoms with Crippen LogP contribution in [0.5, 0.6) is 11.5 Å². The van der Waals surface area contributed by atoms with E-state index in [0.29, 0.717) is 25.4 Å². The van der Waals surface area contributed by atoms with E-state index in [2.05, 4.69) is 10.2 Å². The van der Waals surface area contributed by atoms with Crippen molar-refractivity contribution < 1.29 is 18.7 Å². The van der Waals surface area contributed by atoms with Crippen molar-refractivity contribution >= 4 is 11.6 Å². The van der Waals surface area contributed by atoms with Crippen molar-refractivity contribution in [3.05, 3.63) is 53.8 Å². The number of anilines is 1. The topological polar surface area (TPSA) is 50.8 Å². The van der Waals surface area contributed by atoms with Crippen molar-refractivity contribution in [2.45, 2.75) is 18.9 Å². The van der Waals surface area contributed by atoms with Crippen LogP contribution >= 0.6 is 0 Å². The Morgan fingerprint density at radius 3 is 2.69 bits per heavy atom. The average Bonchev–Trinajstić information content (AvgIpc) is 3.11. The maximum absolute atomic E-state index is 13.0. The Kier molecular flexibility index (Phi) is 4.75. The molecular weight excluding hydrogens is 335 g/mol. The number of halogens is 1. The molecular formula is C20H21FN2O3. The second-order valence-corrected chi connectivity index (χ2v) is 6.59. The van der Waals surface area contributed by atoms with Crippen molar-refractivity contribution in [2.24, 2.45) is 0 Å². The molecule has 2 heterocycles. The van der Waals surface area contributed by atoms with Crippen LogP contribution in [0.2, 0.25) is 0 Å². The highest BCUT2D eigenvalue weighted by atomic mass is 19.1. The summed E-state index contributed by atoms with van der Waals surface area (Å²) in [6.07, 6.45) is 2.05. The maximum Gasteiger partial charge on any atom is 0.238 e. The Balaban J connectivity index is 1.43. The molecule has 2 aromatic carbocycles. The third-order valence-electron chi connectivity index (χ3n) is 4.79. The molecule has 0 saturated carbocycles. The molecule has 0 aromatic heterocycles. The SMILES string of the molecule is O=C(CN1CCCC1c1ccc2c(c1)OCCO2)Nc1ccc(F)cc1. The lowest BCUT2D eigenvalue weighted by Crippen LogP contribution is -2.33. The lowest BCUT2D eigenvalue weighted by atomic mass is 10.0. The molecule has 0 aliphatic carbocycles. The van der Waals surface area contributed by atoms with E-state index < -0.39 is 0 Å². The molecule has 0 spiro atoms. The predicted molar refractivity (Wildman–Crippen MR) is 96.0 cm³/mol. The number of nitrogens with one attached hydrogen (secondary N) is 1. The second kappa shape index (κ2) is 7.33. The van der Waals surface area contributed by atoms with E-state index >= 15 is 0 Å². The highest BCUT2D eigenvalue weighted by Gasteiger charge is 2.28. The van der Waals surface area contributed by atoms with E-state index in [9.17, 15) is 9.18 Å². The zero-order valence-corrected chi connectivity index (χ0v) is 14.4. The highest BCUT2D eigenvalue weighted by molar-refractivity contribution is 5.92. The monoisotopic (exact) mass is 356 g/mol. The number of amides is 1. The van der Waals surface area contributed by atoms with E-state index in [-0.39, 0.29) is 17.8 Å². The van der Waals surface area contributed by atoms with Crippen LogP contribution in [-0.4, -0.2) is 37.1 Å². The normalized spacial score (nSPS) is 19.3. The summed E-state index contributed by atoms with van der Waals surface area (Å²) in [6, 6.07) is 12.0. The van der Waals surface area contributed by atoms with Gasteiger partial charge in [-0.1, -0.05) is 6.07 Å². The summed E-state index contributed by atoms with van der Waals surface area (Å²) in [4.78, 5) is 14.5. The molecule has 1 atom stereocenters. The first-order chi connectivity index (χ1) is 12.7. The molecule has 1 amide bonds. The standard InChI is InChI=1S/C20H21FN2O3/c21-15-4-6-16(7-5-15)22-20(24)13-23-9-1-2-17(23)14-3-8-18-19(12-14)26-11-10-25-18/h3-8,12,17H,1-2,9-11,13H2,(H,22,24). The van der Waals surface area contributed by atoms with Gasteiger partial charge >= 0.3 is 0 Å². The summed E-state index contributed by atoms with van der Waals surface area (Å²) < 4.78 is 24.2. The number of ether oxygens (including phenoxy) is 2. The van der Waals surface area contributed by atoms with Crippen molar-refractivity contribution in [3.8, 4) is 11.5 Å². The van der Waals surface area contributed by atoms with Gasteiger partial charge < -0.3 is 14.8 Å². The van der Waals surface area contributed by atoms with Crippen LogP contribution < -0.4 is 14.8 Å². The molecule has 1 fully saturated rings. The van der Waals surface area contributed by atoms with E-state index in [1.165, 1.54) is 12.1 Å².